The Kier molecular flexibility index (Phi) is 3.72. The van der Waals surface area contributed by atoms with Crippen LogP contribution in [0, 0.1) is 0 Å². The van der Waals surface area contributed by atoms with Gasteiger partial charge in [0, 0.05) is 0 Å². The molecule has 1 N–H and O–H groups in total. The molecule has 0 aliphatic carbocycles. The van der Waals surface area contributed by atoms with E-state index < -0.39 is 0 Å². The van der Waals surface area contributed by atoms with Gasteiger partial charge in [-0.25, -0.2) is 0 Å². The van der Waals surface area contributed by atoms with Gasteiger partial charge in [0.15, 0.2) is 0 Å². The van der Waals surface area contributed by atoms with Crippen LogP contribution in [-0.4, -0.2) is 39.5 Å². The van der Waals surface area contributed by atoms with Crippen molar-refractivity contribution in [2.24, 2.45) is 0 Å². The second-order valence-corrected chi connectivity index (χ2v) is 2.46. The van der Waals surface area contributed by atoms with E-state index in [1.165, 1.54) is 0 Å². The third kappa shape index (κ3) is 2.64. The van der Waals surface area contributed by atoms with E-state index in [2.05, 4.69) is 5.32 Å². The summed E-state index contributed by atoms with van der Waals surface area (Å²) in [7, 11) is 1.95. The van der Waals surface area contributed by atoms with Crippen molar-refractivity contribution in [1.82, 2.24) is 5.32 Å². The first-order valence-corrected chi connectivity index (χ1v) is 3.77. The third-order valence-electron chi connectivity index (χ3n) is 1.60. The summed E-state index contributed by atoms with van der Waals surface area (Å²) in [4.78, 5) is 0. The predicted octanol–water partition coefficient (Wildman–Crippen LogP) is 0.0113. The van der Waals surface area contributed by atoms with Gasteiger partial charge in [0.1, 0.15) is 0 Å². The van der Waals surface area contributed by atoms with Gasteiger partial charge < -0.3 is 14.8 Å². The summed E-state index contributed by atoms with van der Waals surface area (Å²) in [6.45, 7) is 3.29. The minimum atomic E-state index is 0.321. The van der Waals surface area contributed by atoms with Crippen LogP contribution in [0.3, 0.4) is 0 Å². The quantitative estimate of drug-likeness (QED) is 0.607. The van der Waals surface area contributed by atoms with Crippen LogP contribution >= 0.6 is 0 Å². The lowest BCUT2D eigenvalue weighted by Crippen LogP contribution is -2.30. The van der Waals surface area contributed by atoms with E-state index in [-0.39, 0.29) is 0 Å². The van der Waals surface area contributed by atoms with E-state index in [1.807, 2.05) is 7.05 Å². The Hall–Kier alpha value is -0.120. The zero-order chi connectivity index (χ0) is 7.23. The zero-order valence-electron chi connectivity index (χ0n) is 6.43. The average molecular weight is 145 g/mol. The molecule has 0 amide bonds. The van der Waals surface area contributed by atoms with Crippen LogP contribution in [0.4, 0.5) is 0 Å². The molecule has 0 aromatic rings. The standard InChI is InChI=1S/C7H15NO2/c1-8-3-2-7-6-9-4-5-10-7/h7-8H,2-6H2,1H3/t7-/m1/s1. The van der Waals surface area contributed by atoms with Gasteiger partial charge in [-0.2, -0.15) is 0 Å². The number of hydrogen-bond donors (Lipinski definition) is 1. The molecule has 0 radical (unpaired) electrons. The smallest absolute Gasteiger partial charge is 0.0821 e. The molecule has 0 bridgehead atoms. The van der Waals surface area contributed by atoms with Crippen molar-refractivity contribution in [3.63, 3.8) is 0 Å². The molecule has 0 unspecified atom stereocenters. The second-order valence-electron chi connectivity index (χ2n) is 2.46. The van der Waals surface area contributed by atoms with E-state index in [9.17, 15) is 0 Å². The Morgan fingerprint density at radius 3 is 3.00 bits per heavy atom. The summed E-state index contributed by atoms with van der Waals surface area (Å²) >= 11 is 0. The molecule has 1 heterocycles. The van der Waals surface area contributed by atoms with Crippen molar-refractivity contribution in [1.29, 1.82) is 0 Å². The highest BCUT2D eigenvalue weighted by molar-refractivity contribution is 4.61. The molecule has 1 atom stereocenters. The summed E-state index contributed by atoms with van der Waals surface area (Å²) < 4.78 is 10.6. The van der Waals surface area contributed by atoms with Crippen LogP contribution in [0.2, 0.25) is 0 Å². The first kappa shape index (κ1) is 7.98. The third-order valence-corrected chi connectivity index (χ3v) is 1.60. The summed E-state index contributed by atoms with van der Waals surface area (Å²) in [5.41, 5.74) is 0. The van der Waals surface area contributed by atoms with Crippen LogP contribution < -0.4 is 5.32 Å². The van der Waals surface area contributed by atoms with Crippen LogP contribution in [0.25, 0.3) is 0 Å². The van der Waals surface area contributed by atoms with Crippen LogP contribution in [0.5, 0.6) is 0 Å². The number of rotatable bonds is 3. The normalized spacial score (nSPS) is 26.7. The highest BCUT2D eigenvalue weighted by Gasteiger charge is 2.12. The molecular formula is C7H15NO2. The van der Waals surface area contributed by atoms with Crippen molar-refractivity contribution in [3.8, 4) is 0 Å². The highest BCUT2D eigenvalue weighted by Crippen LogP contribution is 2.03. The van der Waals surface area contributed by atoms with Gasteiger partial charge in [0.25, 0.3) is 0 Å². The molecule has 3 heteroatoms. The van der Waals surface area contributed by atoms with Gasteiger partial charge in [0.05, 0.1) is 25.9 Å². The maximum absolute atomic E-state index is 5.42. The molecule has 1 aliphatic rings. The van der Waals surface area contributed by atoms with Crippen LogP contribution in [-0.2, 0) is 9.47 Å². The average Bonchev–Trinajstić information content (AvgIpc) is 2.03. The molecule has 0 saturated carbocycles. The zero-order valence-corrected chi connectivity index (χ0v) is 6.43. The van der Waals surface area contributed by atoms with E-state index in [0.717, 1.165) is 32.8 Å². The lowest BCUT2D eigenvalue weighted by Gasteiger charge is -2.22. The summed E-state index contributed by atoms with van der Waals surface area (Å²) in [5, 5.41) is 3.08. The van der Waals surface area contributed by atoms with E-state index in [1.54, 1.807) is 0 Å². The fraction of sp³-hybridized carbons (Fsp3) is 1.00. The minimum absolute atomic E-state index is 0.321. The fourth-order valence-corrected chi connectivity index (χ4v) is 1.01. The van der Waals surface area contributed by atoms with E-state index >= 15 is 0 Å². The van der Waals surface area contributed by atoms with Crippen molar-refractivity contribution < 1.29 is 9.47 Å². The topological polar surface area (TPSA) is 30.5 Å². The molecule has 10 heavy (non-hydrogen) atoms. The Bertz CT molecular complexity index is 81.7. The first-order valence-electron chi connectivity index (χ1n) is 3.77. The van der Waals surface area contributed by atoms with Gasteiger partial charge in [-0.3, -0.25) is 0 Å². The molecular weight excluding hydrogens is 130 g/mol. The minimum Gasteiger partial charge on any atom is -0.376 e. The number of ether oxygens (including phenoxy) is 2. The molecule has 3 nitrogen and oxygen atoms in total. The van der Waals surface area contributed by atoms with Gasteiger partial charge in [-0.15, -0.1) is 0 Å². The largest absolute Gasteiger partial charge is 0.376 e. The fourth-order valence-electron chi connectivity index (χ4n) is 1.01. The summed E-state index contributed by atoms with van der Waals surface area (Å²) in [6, 6.07) is 0. The monoisotopic (exact) mass is 145 g/mol. The molecule has 1 saturated heterocycles. The maximum Gasteiger partial charge on any atom is 0.0821 e. The van der Waals surface area contributed by atoms with Gasteiger partial charge in [-0.05, 0) is 20.0 Å². The SMILES string of the molecule is CNCC[C@@H]1COCCO1. The van der Waals surface area contributed by atoms with Gasteiger partial charge in [0.2, 0.25) is 0 Å². The molecule has 0 spiro atoms. The lowest BCUT2D eigenvalue weighted by molar-refractivity contribution is -0.0900. The summed E-state index contributed by atoms with van der Waals surface area (Å²) in [5.74, 6) is 0. The Labute approximate surface area is 61.7 Å². The molecule has 0 aromatic heterocycles. The molecule has 0 aromatic carbocycles. The van der Waals surface area contributed by atoms with Gasteiger partial charge >= 0.3 is 0 Å². The molecule has 1 rings (SSSR count). The Balaban J connectivity index is 2.02. The molecule has 1 aliphatic heterocycles. The molecule has 1 fully saturated rings. The van der Waals surface area contributed by atoms with Crippen molar-refractivity contribution in [2.75, 3.05) is 33.4 Å². The highest BCUT2D eigenvalue weighted by atomic mass is 16.6. The first-order chi connectivity index (χ1) is 4.93. The van der Waals surface area contributed by atoms with Gasteiger partial charge in [-0.1, -0.05) is 0 Å². The van der Waals surface area contributed by atoms with Crippen molar-refractivity contribution in [3.05, 3.63) is 0 Å². The number of hydrogen-bond acceptors (Lipinski definition) is 3. The van der Waals surface area contributed by atoms with Crippen LogP contribution in [0.15, 0.2) is 0 Å². The van der Waals surface area contributed by atoms with E-state index in [4.69, 9.17) is 9.47 Å². The maximum atomic E-state index is 5.42. The molecule has 60 valence electrons. The summed E-state index contributed by atoms with van der Waals surface area (Å²) in [6.07, 6.45) is 1.37. The Morgan fingerprint density at radius 1 is 1.50 bits per heavy atom. The van der Waals surface area contributed by atoms with Crippen LogP contribution in [0.1, 0.15) is 6.42 Å². The lowest BCUT2D eigenvalue weighted by atomic mass is 10.2. The van der Waals surface area contributed by atoms with E-state index in [0.29, 0.717) is 6.10 Å². The predicted molar refractivity (Wildman–Crippen MR) is 39.1 cm³/mol. The Morgan fingerprint density at radius 2 is 2.40 bits per heavy atom. The van der Waals surface area contributed by atoms with Crippen molar-refractivity contribution >= 4 is 0 Å². The van der Waals surface area contributed by atoms with Crippen molar-refractivity contribution in [2.45, 2.75) is 12.5 Å². The second kappa shape index (κ2) is 4.66. The number of nitrogens with one attached hydrogen (secondary N) is 1.